The largest absolute Gasteiger partial charge is 0.366 e. The molecule has 3 N–H and O–H groups in total. The van der Waals surface area contributed by atoms with Crippen LogP contribution >= 0.6 is 0 Å². The van der Waals surface area contributed by atoms with Crippen LogP contribution in [0.5, 0.6) is 0 Å². The van der Waals surface area contributed by atoms with Gasteiger partial charge in [-0.3, -0.25) is 9.59 Å². The molecular formula is C29H21N3O2. The number of carbonyl (C=O) groups excluding carboxylic acids is 2. The normalized spacial score (nSPS) is 10.7. The van der Waals surface area contributed by atoms with Crippen LogP contribution in [-0.2, 0) is 0 Å². The molecule has 5 aromatic rings. The van der Waals surface area contributed by atoms with Gasteiger partial charge in [-0.25, -0.2) is 4.98 Å². The van der Waals surface area contributed by atoms with E-state index in [1.807, 2.05) is 60.7 Å². The molecule has 0 aliphatic carbocycles. The minimum Gasteiger partial charge on any atom is -0.366 e. The van der Waals surface area contributed by atoms with Crippen LogP contribution in [0.2, 0.25) is 0 Å². The second-order valence-electron chi connectivity index (χ2n) is 7.91. The number of nitrogens with two attached hydrogens (primary N) is 1. The molecule has 4 aromatic carbocycles. The Hall–Kier alpha value is -4.77. The summed E-state index contributed by atoms with van der Waals surface area (Å²) in [5.74, 6) is -0.770. The van der Waals surface area contributed by atoms with Crippen molar-refractivity contribution < 1.29 is 9.59 Å². The molecule has 5 rings (SSSR count). The van der Waals surface area contributed by atoms with Gasteiger partial charge in [0.2, 0.25) is 5.91 Å². The van der Waals surface area contributed by atoms with Crippen LogP contribution in [0.3, 0.4) is 0 Å². The molecule has 0 bridgehead atoms. The van der Waals surface area contributed by atoms with Gasteiger partial charge in [-0.2, -0.15) is 0 Å². The number of anilines is 1. The fourth-order valence-corrected chi connectivity index (χ4v) is 3.89. The summed E-state index contributed by atoms with van der Waals surface area (Å²) in [5, 5.41) is 3.67. The number of para-hydroxylation sites is 1. The third-order valence-corrected chi connectivity index (χ3v) is 5.68. The number of pyridine rings is 1. The van der Waals surface area contributed by atoms with Gasteiger partial charge in [-0.1, -0.05) is 72.8 Å². The average molecular weight is 444 g/mol. The van der Waals surface area contributed by atoms with Crippen molar-refractivity contribution in [2.75, 3.05) is 5.32 Å². The smallest absolute Gasteiger partial charge is 0.256 e. The van der Waals surface area contributed by atoms with E-state index in [1.165, 1.54) is 0 Å². The summed E-state index contributed by atoms with van der Waals surface area (Å²) in [4.78, 5) is 29.3. The number of carbonyl (C=O) groups is 2. The first-order valence-corrected chi connectivity index (χ1v) is 10.9. The lowest BCUT2D eigenvalue weighted by molar-refractivity contribution is 0.0998. The summed E-state index contributed by atoms with van der Waals surface area (Å²) in [7, 11) is 0. The first-order valence-electron chi connectivity index (χ1n) is 10.9. The third-order valence-electron chi connectivity index (χ3n) is 5.68. The Kier molecular flexibility index (Phi) is 5.58. The molecule has 34 heavy (non-hydrogen) atoms. The zero-order valence-corrected chi connectivity index (χ0v) is 18.2. The number of aromatic nitrogens is 1. The molecule has 0 atom stereocenters. The number of benzene rings is 4. The van der Waals surface area contributed by atoms with Gasteiger partial charge in [0.1, 0.15) is 0 Å². The van der Waals surface area contributed by atoms with Crippen molar-refractivity contribution in [1.82, 2.24) is 4.98 Å². The third kappa shape index (κ3) is 4.27. The van der Waals surface area contributed by atoms with Crippen LogP contribution in [0, 0.1) is 0 Å². The predicted molar refractivity (Wildman–Crippen MR) is 136 cm³/mol. The minimum atomic E-state index is -0.513. The molecule has 0 saturated carbocycles. The van der Waals surface area contributed by atoms with Crippen LogP contribution in [-0.4, -0.2) is 16.8 Å². The molecule has 0 radical (unpaired) electrons. The fourth-order valence-electron chi connectivity index (χ4n) is 3.89. The number of amides is 2. The second kappa shape index (κ2) is 9.00. The fraction of sp³-hybridized carbons (Fsp3) is 0. The number of nitrogens with one attached hydrogen (secondary N) is 1. The van der Waals surface area contributed by atoms with Crippen molar-refractivity contribution in [3.05, 3.63) is 120 Å². The molecule has 0 aliphatic heterocycles. The van der Waals surface area contributed by atoms with Crippen LogP contribution in [0.1, 0.15) is 20.7 Å². The van der Waals surface area contributed by atoms with Gasteiger partial charge in [0.25, 0.3) is 5.91 Å². The molecule has 0 saturated heterocycles. The zero-order valence-electron chi connectivity index (χ0n) is 18.2. The number of primary amides is 1. The van der Waals surface area contributed by atoms with E-state index >= 15 is 0 Å². The van der Waals surface area contributed by atoms with Crippen molar-refractivity contribution in [1.29, 1.82) is 0 Å². The Balaban J connectivity index is 1.50. The maximum atomic E-state index is 13.2. The highest BCUT2D eigenvalue weighted by Gasteiger charge is 2.15. The lowest BCUT2D eigenvalue weighted by Gasteiger charge is -2.11. The molecule has 164 valence electrons. The van der Waals surface area contributed by atoms with E-state index in [4.69, 9.17) is 10.7 Å². The number of fused-ring (bicyclic) bond motifs is 1. The number of nitrogens with zero attached hydrogens (tertiary/aromatic N) is 1. The van der Waals surface area contributed by atoms with E-state index in [0.717, 1.165) is 27.6 Å². The van der Waals surface area contributed by atoms with Gasteiger partial charge in [0, 0.05) is 22.2 Å². The Bertz CT molecular complexity index is 1490. The molecule has 0 unspecified atom stereocenters. The quantitative estimate of drug-likeness (QED) is 0.354. The van der Waals surface area contributed by atoms with Crippen LogP contribution in [0.15, 0.2) is 109 Å². The molecule has 2 amide bonds. The van der Waals surface area contributed by atoms with Gasteiger partial charge in [-0.05, 0) is 47.5 Å². The van der Waals surface area contributed by atoms with E-state index in [2.05, 4.69) is 29.6 Å². The highest BCUT2D eigenvalue weighted by Crippen LogP contribution is 2.28. The summed E-state index contributed by atoms with van der Waals surface area (Å²) in [6.07, 6.45) is 0. The van der Waals surface area contributed by atoms with E-state index in [1.54, 1.807) is 24.3 Å². The van der Waals surface area contributed by atoms with Crippen molar-refractivity contribution >= 4 is 28.4 Å². The van der Waals surface area contributed by atoms with Gasteiger partial charge in [0.05, 0.1) is 16.8 Å². The van der Waals surface area contributed by atoms with Crippen molar-refractivity contribution in [2.45, 2.75) is 0 Å². The number of hydrogen-bond donors (Lipinski definition) is 2. The lowest BCUT2D eigenvalue weighted by Crippen LogP contribution is -2.14. The van der Waals surface area contributed by atoms with Gasteiger partial charge in [-0.15, -0.1) is 0 Å². The van der Waals surface area contributed by atoms with Gasteiger partial charge >= 0.3 is 0 Å². The maximum Gasteiger partial charge on any atom is 0.256 e. The molecular weight excluding hydrogens is 422 g/mol. The van der Waals surface area contributed by atoms with E-state index in [0.29, 0.717) is 22.5 Å². The molecule has 5 nitrogen and oxygen atoms in total. The van der Waals surface area contributed by atoms with Crippen LogP contribution in [0.4, 0.5) is 5.69 Å². The van der Waals surface area contributed by atoms with Gasteiger partial charge < -0.3 is 11.1 Å². The Labute approximate surface area is 196 Å². The highest BCUT2D eigenvalue weighted by molar-refractivity contribution is 6.13. The average Bonchev–Trinajstić information content (AvgIpc) is 2.89. The standard InChI is InChI=1S/C29H21N3O2/c30-28(33)22-14-16-23(17-15-22)31-29(34)25-18-27(32-26-9-5-4-8-24(25)26)21-12-10-20(11-13-21)19-6-2-1-3-7-19/h1-18H,(H2,30,33)(H,31,34). The van der Waals surface area contributed by atoms with Crippen molar-refractivity contribution in [3.8, 4) is 22.4 Å². The van der Waals surface area contributed by atoms with E-state index in [-0.39, 0.29) is 5.91 Å². The highest BCUT2D eigenvalue weighted by atomic mass is 16.2. The first kappa shape index (κ1) is 21.1. The Morgan fingerprint density at radius 2 is 1.29 bits per heavy atom. The summed E-state index contributed by atoms with van der Waals surface area (Å²) < 4.78 is 0. The topological polar surface area (TPSA) is 85.1 Å². The predicted octanol–water partition coefficient (Wildman–Crippen LogP) is 5.92. The monoisotopic (exact) mass is 443 g/mol. The summed E-state index contributed by atoms with van der Waals surface area (Å²) >= 11 is 0. The number of hydrogen-bond acceptors (Lipinski definition) is 3. The molecule has 0 aliphatic rings. The molecule has 1 aromatic heterocycles. The molecule has 1 heterocycles. The SMILES string of the molecule is NC(=O)c1ccc(NC(=O)c2cc(-c3ccc(-c4ccccc4)cc3)nc3ccccc23)cc1. The summed E-state index contributed by atoms with van der Waals surface area (Å²) in [5.41, 5.74) is 11.4. The zero-order chi connectivity index (χ0) is 23.5. The van der Waals surface area contributed by atoms with Crippen LogP contribution < -0.4 is 11.1 Å². The summed E-state index contributed by atoms with van der Waals surface area (Å²) in [6.45, 7) is 0. The maximum absolute atomic E-state index is 13.2. The molecule has 5 heteroatoms. The van der Waals surface area contributed by atoms with E-state index < -0.39 is 5.91 Å². The Morgan fingerprint density at radius 1 is 0.676 bits per heavy atom. The molecule has 0 fully saturated rings. The first-order chi connectivity index (χ1) is 16.6. The number of rotatable bonds is 5. The lowest BCUT2D eigenvalue weighted by atomic mass is 10.0. The molecule has 0 spiro atoms. The van der Waals surface area contributed by atoms with Gasteiger partial charge in [0.15, 0.2) is 0 Å². The minimum absolute atomic E-state index is 0.257. The second-order valence-corrected chi connectivity index (χ2v) is 7.91. The van der Waals surface area contributed by atoms with Crippen molar-refractivity contribution in [3.63, 3.8) is 0 Å². The summed E-state index contributed by atoms with van der Waals surface area (Å²) in [6, 6.07) is 34.2. The Morgan fingerprint density at radius 3 is 2.00 bits per heavy atom. The van der Waals surface area contributed by atoms with Crippen LogP contribution in [0.25, 0.3) is 33.3 Å². The van der Waals surface area contributed by atoms with E-state index in [9.17, 15) is 9.59 Å². The van der Waals surface area contributed by atoms with Crippen molar-refractivity contribution in [2.24, 2.45) is 5.73 Å².